The van der Waals surface area contributed by atoms with Crippen LogP contribution in [0.1, 0.15) is 0 Å². The van der Waals surface area contributed by atoms with E-state index in [9.17, 15) is 4.79 Å². The highest BCUT2D eigenvalue weighted by atomic mass is 16.6. The minimum absolute atomic E-state index is 0.283. The van der Waals surface area contributed by atoms with Crippen LogP contribution in [-0.4, -0.2) is 30.3 Å². The molecule has 1 unspecified atom stereocenters. The van der Waals surface area contributed by atoms with Crippen molar-refractivity contribution in [3.8, 4) is 11.6 Å². The maximum Gasteiger partial charge on any atom is 0.355 e. The van der Waals surface area contributed by atoms with Crippen molar-refractivity contribution in [1.29, 1.82) is 0 Å². The summed E-state index contributed by atoms with van der Waals surface area (Å²) in [6.07, 6.45) is 0.922. The van der Waals surface area contributed by atoms with Gasteiger partial charge in [0.15, 0.2) is 0 Å². The zero-order valence-electron chi connectivity index (χ0n) is 11.2. The van der Waals surface area contributed by atoms with Crippen LogP contribution in [0.15, 0.2) is 42.6 Å². The lowest BCUT2D eigenvalue weighted by molar-refractivity contribution is -0.142. The van der Waals surface area contributed by atoms with Crippen LogP contribution in [0, 0.1) is 0 Å². The molecule has 0 saturated carbocycles. The fraction of sp³-hybridized carbons (Fsp3) is 0.200. The summed E-state index contributed by atoms with van der Waals surface area (Å²) in [6.45, 7) is 1.13. The van der Waals surface area contributed by atoms with Crippen molar-refractivity contribution in [3.05, 3.63) is 42.6 Å². The summed E-state index contributed by atoms with van der Waals surface area (Å²) in [4.78, 5) is 18.3. The van der Waals surface area contributed by atoms with Gasteiger partial charge in [0, 0.05) is 12.3 Å². The summed E-state index contributed by atoms with van der Waals surface area (Å²) in [7, 11) is 0. The molecule has 4 rings (SSSR count). The molecule has 1 aromatic carbocycles. The highest BCUT2D eigenvalue weighted by molar-refractivity contribution is 5.85. The van der Waals surface area contributed by atoms with Crippen LogP contribution in [-0.2, 0) is 4.79 Å². The summed E-state index contributed by atoms with van der Waals surface area (Å²) < 4.78 is 11.0. The molecule has 6 heteroatoms. The molecule has 1 N–H and O–H groups in total. The molecule has 0 aliphatic carbocycles. The van der Waals surface area contributed by atoms with E-state index in [4.69, 9.17) is 9.47 Å². The summed E-state index contributed by atoms with van der Waals surface area (Å²) in [5.74, 6) is 0.550. The fourth-order valence-electron chi connectivity index (χ4n) is 2.59. The first-order valence-electron chi connectivity index (χ1n) is 6.72. The van der Waals surface area contributed by atoms with Crippen LogP contribution < -0.4 is 19.7 Å². The lowest BCUT2D eigenvalue weighted by Gasteiger charge is -2.31. The Morgan fingerprint density at radius 1 is 1.33 bits per heavy atom. The van der Waals surface area contributed by atoms with E-state index in [0.717, 1.165) is 11.4 Å². The molecule has 106 valence electrons. The molecule has 2 aromatic rings. The SMILES string of the molecule is O=C(Oc1ccccn1)C1CN2CNc3cccc(c32)O1. The van der Waals surface area contributed by atoms with Gasteiger partial charge < -0.3 is 19.7 Å². The first-order valence-corrected chi connectivity index (χ1v) is 6.72. The third-order valence-corrected chi connectivity index (χ3v) is 3.54. The van der Waals surface area contributed by atoms with Gasteiger partial charge in [0.25, 0.3) is 0 Å². The zero-order valence-corrected chi connectivity index (χ0v) is 11.2. The summed E-state index contributed by atoms with van der Waals surface area (Å²) in [6, 6.07) is 10.9. The molecule has 0 saturated heterocycles. The molecule has 0 radical (unpaired) electrons. The van der Waals surface area contributed by atoms with E-state index in [1.165, 1.54) is 0 Å². The third-order valence-electron chi connectivity index (χ3n) is 3.54. The first-order chi connectivity index (χ1) is 10.3. The monoisotopic (exact) mass is 283 g/mol. The van der Waals surface area contributed by atoms with Crippen molar-refractivity contribution in [1.82, 2.24) is 4.98 Å². The van der Waals surface area contributed by atoms with E-state index >= 15 is 0 Å². The van der Waals surface area contributed by atoms with Crippen LogP contribution in [0.2, 0.25) is 0 Å². The molecule has 1 aromatic heterocycles. The molecule has 0 bridgehead atoms. The molecule has 2 aliphatic heterocycles. The average Bonchev–Trinajstić information content (AvgIpc) is 2.93. The molecule has 6 nitrogen and oxygen atoms in total. The summed E-state index contributed by atoms with van der Waals surface area (Å²) >= 11 is 0. The number of aromatic nitrogens is 1. The van der Waals surface area contributed by atoms with Gasteiger partial charge in [-0.1, -0.05) is 12.1 Å². The van der Waals surface area contributed by atoms with Gasteiger partial charge in [-0.2, -0.15) is 0 Å². The van der Waals surface area contributed by atoms with Crippen molar-refractivity contribution >= 4 is 17.3 Å². The Hall–Kier alpha value is -2.76. The van der Waals surface area contributed by atoms with Gasteiger partial charge in [-0.05, 0) is 18.2 Å². The predicted molar refractivity (Wildman–Crippen MR) is 76.6 cm³/mol. The van der Waals surface area contributed by atoms with Crippen molar-refractivity contribution < 1.29 is 14.3 Å². The van der Waals surface area contributed by atoms with Crippen molar-refractivity contribution in [2.24, 2.45) is 0 Å². The van der Waals surface area contributed by atoms with E-state index < -0.39 is 12.1 Å². The molecule has 0 spiro atoms. The van der Waals surface area contributed by atoms with E-state index in [1.807, 2.05) is 18.2 Å². The number of ether oxygens (including phenoxy) is 2. The maximum absolute atomic E-state index is 12.2. The normalized spacial score (nSPS) is 18.5. The van der Waals surface area contributed by atoms with E-state index in [-0.39, 0.29) is 5.88 Å². The number of hydrogen-bond acceptors (Lipinski definition) is 6. The Bertz CT molecular complexity index is 690. The number of esters is 1. The number of benzene rings is 1. The second kappa shape index (κ2) is 4.66. The Balaban J connectivity index is 1.55. The molecule has 0 fully saturated rings. The molecular formula is C15H13N3O3. The van der Waals surface area contributed by atoms with Crippen LogP contribution >= 0.6 is 0 Å². The smallest absolute Gasteiger partial charge is 0.355 e. The van der Waals surface area contributed by atoms with Crippen LogP contribution in [0.25, 0.3) is 0 Å². The molecular weight excluding hydrogens is 270 g/mol. The number of carbonyl (C=O) groups is 1. The number of carbonyl (C=O) groups excluding carboxylic acids is 1. The minimum Gasteiger partial charge on any atom is -0.475 e. The Morgan fingerprint density at radius 3 is 3.14 bits per heavy atom. The largest absolute Gasteiger partial charge is 0.475 e. The maximum atomic E-state index is 12.2. The Kier molecular flexibility index (Phi) is 2.67. The number of para-hydroxylation sites is 1. The van der Waals surface area contributed by atoms with Gasteiger partial charge in [-0.25, -0.2) is 9.78 Å². The number of anilines is 2. The number of nitrogens with zero attached hydrogens (tertiary/aromatic N) is 2. The fourth-order valence-corrected chi connectivity index (χ4v) is 2.59. The quantitative estimate of drug-likeness (QED) is 0.845. The van der Waals surface area contributed by atoms with Gasteiger partial charge in [0.1, 0.15) is 11.4 Å². The first kappa shape index (κ1) is 12.0. The lowest BCUT2D eigenvalue weighted by atomic mass is 10.2. The second-order valence-corrected chi connectivity index (χ2v) is 4.91. The number of nitrogens with one attached hydrogen (secondary N) is 1. The number of pyridine rings is 1. The molecule has 1 atom stereocenters. The molecule has 3 heterocycles. The minimum atomic E-state index is -0.658. The van der Waals surface area contributed by atoms with Gasteiger partial charge in [0.05, 0.1) is 18.9 Å². The number of rotatable bonds is 2. The molecule has 21 heavy (non-hydrogen) atoms. The lowest BCUT2D eigenvalue weighted by Crippen LogP contribution is -2.45. The van der Waals surface area contributed by atoms with Crippen molar-refractivity contribution in [2.75, 3.05) is 23.4 Å². The van der Waals surface area contributed by atoms with Gasteiger partial charge in [-0.3, -0.25) is 0 Å². The van der Waals surface area contributed by atoms with Crippen LogP contribution in [0.5, 0.6) is 11.6 Å². The second-order valence-electron chi connectivity index (χ2n) is 4.91. The van der Waals surface area contributed by atoms with E-state index in [1.54, 1.807) is 24.4 Å². The Labute approximate surface area is 121 Å². The molecule has 2 aliphatic rings. The van der Waals surface area contributed by atoms with E-state index in [2.05, 4.69) is 15.2 Å². The highest BCUT2D eigenvalue weighted by Crippen LogP contribution is 2.42. The van der Waals surface area contributed by atoms with Gasteiger partial charge in [-0.15, -0.1) is 0 Å². The topological polar surface area (TPSA) is 63.7 Å². The standard InChI is InChI=1S/C15H13N3O3/c19-15(21-13-6-1-2-7-16-13)12-8-18-9-17-10-4-3-5-11(20-12)14(10)18/h1-7,12,17H,8-9H2. The third kappa shape index (κ3) is 2.05. The van der Waals surface area contributed by atoms with Gasteiger partial charge in [0.2, 0.25) is 12.0 Å². The van der Waals surface area contributed by atoms with Crippen molar-refractivity contribution in [2.45, 2.75) is 6.10 Å². The summed E-state index contributed by atoms with van der Waals surface area (Å²) in [5, 5.41) is 3.27. The summed E-state index contributed by atoms with van der Waals surface area (Å²) in [5.41, 5.74) is 2.04. The predicted octanol–water partition coefficient (Wildman–Crippen LogP) is 1.64. The van der Waals surface area contributed by atoms with Gasteiger partial charge >= 0.3 is 5.97 Å². The van der Waals surface area contributed by atoms with E-state index in [0.29, 0.717) is 19.0 Å². The Morgan fingerprint density at radius 2 is 2.29 bits per heavy atom. The highest BCUT2D eigenvalue weighted by Gasteiger charge is 2.36. The average molecular weight is 283 g/mol. The zero-order chi connectivity index (χ0) is 14.2. The van der Waals surface area contributed by atoms with Crippen LogP contribution in [0.3, 0.4) is 0 Å². The number of hydrogen-bond donors (Lipinski definition) is 1. The molecule has 0 amide bonds. The van der Waals surface area contributed by atoms with Crippen molar-refractivity contribution in [3.63, 3.8) is 0 Å². The van der Waals surface area contributed by atoms with Crippen LogP contribution in [0.4, 0.5) is 11.4 Å².